The highest BCUT2D eigenvalue weighted by atomic mass is 127. The van der Waals surface area contributed by atoms with Crippen molar-refractivity contribution in [2.45, 2.75) is 20.8 Å². The Morgan fingerprint density at radius 3 is 2.25 bits per heavy atom. The largest absolute Gasteiger partial charge is 0.370 e. The first kappa shape index (κ1) is 19.9. The number of halogens is 1. The molecule has 1 rings (SSSR count). The molecule has 1 aliphatic heterocycles. The zero-order valence-corrected chi connectivity index (χ0v) is 15.8. The predicted octanol–water partition coefficient (Wildman–Crippen LogP) is 1.14. The first-order chi connectivity index (χ1) is 9.06. The zero-order valence-electron chi connectivity index (χ0n) is 13.5. The maximum Gasteiger partial charge on any atom is 0.191 e. The van der Waals surface area contributed by atoms with Gasteiger partial charge in [-0.2, -0.15) is 0 Å². The molecule has 0 aliphatic carbocycles. The summed E-state index contributed by atoms with van der Waals surface area (Å²) in [6.45, 7) is 15.0. The van der Waals surface area contributed by atoms with Crippen molar-refractivity contribution in [3.63, 3.8) is 0 Å². The first-order valence-electron chi connectivity index (χ1n) is 7.52. The van der Waals surface area contributed by atoms with Crippen molar-refractivity contribution in [2.75, 3.05) is 59.4 Å². The Bertz CT molecular complexity index is 273. The lowest BCUT2D eigenvalue weighted by molar-refractivity contribution is 0.140. The highest BCUT2D eigenvalue weighted by Crippen LogP contribution is 2.05. The van der Waals surface area contributed by atoms with Crippen LogP contribution in [-0.2, 0) is 0 Å². The molecule has 120 valence electrons. The van der Waals surface area contributed by atoms with Crippen molar-refractivity contribution < 1.29 is 0 Å². The average molecular weight is 397 g/mol. The summed E-state index contributed by atoms with van der Waals surface area (Å²) in [5, 5.41) is 0. The van der Waals surface area contributed by atoms with Crippen molar-refractivity contribution in [1.29, 1.82) is 0 Å². The summed E-state index contributed by atoms with van der Waals surface area (Å²) < 4.78 is 0. The lowest BCUT2D eigenvalue weighted by Crippen LogP contribution is -2.46. The standard InChI is InChI=1S/C14H31N5.HI/c1-5-19(6-2)14(15)16-11-13(3)12-18-9-7-17(4)8-10-18;/h13H,5-12H2,1-4H3,(H2,15,16);1H. The van der Waals surface area contributed by atoms with E-state index in [1.54, 1.807) is 0 Å². The third-order valence-electron chi connectivity index (χ3n) is 3.82. The number of nitrogens with two attached hydrogens (primary N) is 1. The van der Waals surface area contributed by atoms with Crippen LogP contribution in [-0.4, -0.2) is 80.1 Å². The summed E-state index contributed by atoms with van der Waals surface area (Å²) in [6.07, 6.45) is 0. The number of guanidine groups is 1. The van der Waals surface area contributed by atoms with Gasteiger partial charge in [0.1, 0.15) is 0 Å². The quantitative estimate of drug-likeness (QED) is 0.415. The molecule has 0 bridgehead atoms. The van der Waals surface area contributed by atoms with Gasteiger partial charge in [-0.25, -0.2) is 0 Å². The van der Waals surface area contributed by atoms with Crippen LogP contribution < -0.4 is 5.73 Å². The molecule has 1 saturated heterocycles. The van der Waals surface area contributed by atoms with E-state index in [0.29, 0.717) is 11.9 Å². The molecule has 1 aliphatic rings. The Balaban J connectivity index is 0.00000361. The van der Waals surface area contributed by atoms with Gasteiger partial charge in [0, 0.05) is 52.4 Å². The van der Waals surface area contributed by atoms with Gasteiger partial charge in [0.2, 0.25) is 0 Å². The minimum Gasteiger partial charge on any atom is -0.370 e. The van der Waals surface area contributed by atoms with Crippen LogP contribution in [0, 0.1) is 5.92 Å². The summed E-state index contributed by atoms with van der Waals surface area (Å²) in [5.74, 6) is 1.26. The zero-order chi connectivity index (χ0) is 14.3. The molecule has 2 N–H and O–H groups in total. The highest BCUT2D eigenvalue weighted by molar-refractivity contribution is 14.0. The van der Waals surface area contributed by atoms with Crippen molar-refractivity contribution in [2.24, 2.45) is 16.6 Å². The van der Waals surface area contributed by atoms with E-state index in [1.807, 2.05) is 0 Å². The SMILES string of the molecule is CCN(CC)C(N)=NCC(C)CN1CCN(C)CC1.I. The van der Waals surface area contributed by atoms with Crippen LogP contribution >= 0.6 is 24.0 Å². The van der Waals surface area contributed by atoms with E-state index in [-0.39, 0.29) is 24.0 Å². The average Bonchev–Trinajstić information content (AvgIpc) is 2.40. The number of aliphatic imine (C=N–C) groups is 1. The second kappa shape index (κ2) is 10.6. The smallest absolute Gasteiger partial charge is 0.191 e. The van der Waals surface area contributed by atoms with Gasteiger partial charge in [0.05, 0.1) is 0 Å². The van der Waals surface area contributed by atoms with Crippen LogP contribution in [0.1, 0.15) is 20.8 Å². The van der Waals surface area contributed by atoms with Crippen molar-refractivity contribution in [3.8, 4) is 0 Å². The molecule has 0 amide bonds. The van der Waals surface area contributed by atoms with E-state index >= 15 is 0 Å². The monoisotopic (exact) mass is 397 g/mol. The van der Waals surface area contributed by atoms with Gasteiger partial charge >= 0.3 is 0 Å². The number of nitrogens with zero attached hydrogens (tertiary/aromatic N) is 4. The summed E-state index contributed by atoms with van der Waals surface area (Å²) >= 11 is 0. The highest BCUT2D eigenvalue weighted by Gasteiger charge is 2.16. The van der Waals surface area contributed by atoms with Crippen molar-refractivity contribution in [3.05, 3.63) is 0 Å². The lowest BCUT2D eigenvalue weighted by Gasteiger charge is -2.33. The Hall–Kier alpha value is -0.0800. The molecule has 1 atom stereocenters. The first-order valence-corrected chi connectivity index (χ1v) is 7.52. The molecule has 1 heterocycles. The molecular weight excluding hydrogens is 365 g/mol. The molecule has 20 heavy (non-hydrogen) atoms. The molecule has 0 aromatic heterocycles. The number of likely N-dealkylation sites (N-methyl/N-ethyl adjacent to an activating group) is 1. The topological polar surface area (TPSA) is 48.1 Å². The van der Waals surface area contributed by atoms with Gasteiger partial charge in [-0.05, 0) is 26.8 Å². The third kappa shape index (κ3) is 7.08. The van der Waals surface area contributed by atoms with Crippen LogP contribution in [0.2, 0.25) is 0 Å². The summed E-state index contributed by atoms with van der Waals surface area (Å²) in [7, 11) is 2.19. The van der Waals surface area contributed by atoms with Crippen molar-refractivity contribution in [1.82, 2.24) is 14.7 Å². The van der Waals surface area contributed by atoms with Gasteiger partial charge in [0.15, 0.2) is 5.96 Å². The van der Waals surface area contributed by atoms with E-state index in [9.17, 15) is 0 Å². The van der Waals surface area contributed by atoms with Crippen molar-refractivity contribution >= 4 is 29.9 Å². The van der Waals surface area contributed by atoms with E-state index < -0.39 is 0 Å². The fourth-order valence-electron chi connectivity index (χ4n) is 2.43. The molecule has 0 aromatic rings. The molecular formula is C14H32IN5. The van der Waals surface area contributed by atoms with Gasteiger partial charge in [-0.1, -0.05) is 6.92 Å². The fourth-order valence-corrected chi connectivity index (χ4v) is 2.43. The molecule has 1 fully saturated rings. The Morgan fingerprint density at radius 2 is 1.75 bits per heavy atom. The number of piperazine rings is 1. The maximum absolute atomic E-state index is 5.99. The van der Waals surface area contributed by atoms with E-state index in [1.165, 1.54) is 26.2 Å². The Morgan fingerprint density at radius 1 is 1.20 bits per heavy atom. The van der Waals surface area contributed by atoms with Gasteiger partial charge in [0.25, 0.3) is 0 Å². The van der Waals surface area contributed by atoms with Gasteiger partial charge < -0.3 is 20.4 Å². The minimum absolute atomic E-state index is 0. The number of hydrogen-bond acceptors (Lipinski definition) is 3. The molecule has 0 aromatic carbocycles. The number of rotatable bonds is 6. The molecule has 0 spiro atoms. The molecule has 0 saturated carbocycles. The summed E-state index contributed by atoms with van der Waals surface area (Å²) in [4.78, 5) is 11.6. The van der Waals surface area contributed by atoms with Gasteiger partial charge in [-0.15, -0.1) is 24.0 Å². The molecule has 6 heteroatoms. The lowest BCUT2D eigenvalue weighted by atomic mass is 10.1. The molecule has 1 unspecified atom stereocenters. The van der Waals surface area contributed by atoms with Crippen LogP contribution in [0.3, 0.4) is 0 Å². The Kier molecular flexibility index (Phi) is 10.6. The Labute approximate surface area is 141 Å². The summed E-state index contributed by atoms with van der Waals surface area (Å²) in [6, 6.07) is 0. The predicted molar refractivity (Wildman–Crippen MR) is 97.9 cm³/mol. The second-order valence-corrected chi connectivity index (χ2v) is 5.58. The molecule has 0 radical (unpaired) electrons. The maximum atomic E-state index is 5.99. The van der Waals surface area contributed by atoms with Crippen LogP contribution in [0.25, 0.3) is 0 Å². The van der Waals surface area contributed by atoms with Crippen LogP contribution in [0.4, 0.5) is 0 Å². The normalized spacial score (nSPS) is 19.5. The minimum atomic E-state index is 0. The third-order valence-corrected chi connectivity index (χ3v) is 3.82. The fraction of sp³-hybridized carbons (Fsp3) is 0.929. The van der Waals surface area contributed by atoms with E-state index in [2.05, 4.69) is 47.5 Å². The summed E-state index contributed by atoms with van der Waals surface area (Å²) in [5.41, 5.74) is 5.99. The van der Waals surface area contributed by atoms with E-state index in [0.717, 1.165) is 26.2 Å². The van der Waals surface area contributed by atoms with Crippen LogP contribution in [0.15, 0.2) is 4.99 Å². The molecule has 5 nitrogen and oxygen atoms in total. The van der Waals surface area contributed by atoms with Crippen LogP contribution in [0.5, 0.6) is 0 Å². The van der Waals surface area contributed by atoms with Gasteiger partial charge in [-0.3, -0.25) is 4.99 Å². The van der Waals surface area contributed by atoms with E-state index in [4.69, 9.17) is 5.73 Å². The number of hydrogen-bond donors (Lipinski definition) is 1. The second-order valence-electron chi connectivity index (χ2n) is 5.58.